The summed E-state index contributed by atoms with van der Waals surface area (Å²) in [4.78, 5) is 9.81. The highest BCUT2D eigenvalue weighted by Gasteiger charge is 2.14. The molecule has 1 N–H and O–H groups in total. The van der Waals surface area contributed by atoms with Crippen LogP contribution in [-0.4, -0.2) is 23.9 Å². The van der Waals surface area contributed by atoms with E-state index in [-0.39, 0.29) is 0 Å². The number of hydrogen-bond donors (Lipinski definition) is 2. The van der Waals surface area contributed by atoms with Gasteiger partial charge in [0.05, 0.1) is 0 Å². The van der Waals surface area contributed by atoms with E-state index in [1.165, 1.54) is 0 Å². The van der Waals surface area contributed by atoms with Crippen LogP contribution in [0.15, 0.2) is 0 Å². The van der Waals surface area contributed by atoms with Crippen LogP contribution >= 0.6 is 12.6 Å². The molecule has 6 heteroatoms. The van der Waals surface area contributed by atoms with Crippen LogP contribution in [0.4, 0.5) is 4.79 Å². The molecule has 8 heavy (non-hydrogen) atoms. The van der Waals surface area contributed by atoms with Gasteiger partial charge in [-0.15, -0.1) is 0 Å². The van der Waals surface area contributed by atoms with E-state index in [2.05, 4.69) is 12.6 Å². The highest BCUT2D eigenvalue weighted by Crippen LogP contribution is 1.94. The zero-order valence-electron chi connectivity index (χ0n) is 3.73. The van der Waals surface area contributed by atoms with Crippen molar-refractivity contribution >= 4 is 26.9 Å². The summed E-state index contributed by atoms with van der Waals surface area (Å²) in [6.45, 7) is 0. The molecule has 48 valence electrons. The van der Waals surface area contributed by atoms with E-state index < -0.39 is 20.2 Å². The molecule has 0 aromatic rings. The first-order chi connectivity index (χ1) is 3.50. The minimum absolute atomic E-state index is 1.17. The van der Waals surface area contributed by atoms with Gasteiger partial charge in [-0.1, -0.05) is 12.6 Å². The summed E-state index contributed by atoms with van der Waals surface area (Å²) in [5.74, 6) is -1.17. The number of carbonyl (C=O) groups is 1. The molecule has 0 spiro atoms. The van der Waals surface area contributed by atoms with E-state index in [0.29, 0.717) is 0 Å². The van der Waals surface area contributed by atoms with Crippen LogP contribution in [0.1, 0.15) is 0 Å². The maximum absolute atomic E-state index is 10.0. The average molecular weight is 156 g/mol. The highest BCUT2D eigenvalue weighted by atomic mass is 32.2. The van der Waals surface area contributed by atoms with E-state index in [0.717, 1.165) is 0 Å². The Balaban J connectivity index is 4.42. The predicted molar refractivity (Wildman–Crippen MR) is 30.4 cm³/mol. The maximum atomic E-state index is 10.0. The molecule has 0 aliphatic heterocycles. The molecule has 0 aliphatic carbocycles. The molecule has 0 bridgehead atoms. The summed E-state index contributed by atoms with van der Waals surface area (Å²) < 4.78 is 18.7. The number of rotatable bonds is 1. The van der Waals surface area contributed by atoms with Crippen LogP contribution in [0.2, 0.25) is 0 Å². The van der Waals surface area contributed by atoms with Crippen molar-refractivity contribution in [3.8, 4) is 0 Å². The molecular weight excluding hydrogens is 152 g/mol. The van der Waals surface area contributed by atoms with E-state index in [4.69, 9.17) is 5.11 Å². The molecule has 0 fully saturated rings. The summed E-state index contributed by atoms with van der Waals surface area (Å²) in [7, 11) is -3.96. The Morgan fingerprint density at radius 2 is 2.00 bits per heavy atom. The second-order valence-electron chi connectivity index (χ2n) is 1.01. The molecule has 0 saturated heterocycles. The lowest BCUT2D eigenvalue weighted by molar-refractivity contribution is 0.273. The summed E-state index contributed by atoms with van der Waals surface area (Å²) in [6, 6.07) is 0. The van der Waals surface area contributed by atoms with Gasteiger partial charge in [0.25, 0.3) is 0 Å². The maximum Gasteiger partial charge on any atom is 0.302 e. The summed E-state index contributed by atoms with van der Waals surface area (Å²) in [5, 5.41) is 7.91. The first-order valence-corrected chi connectivity index (χ1v) is 3.67. The molecule has 0 saturated carbocycles. The first-order valence-electron chi connectivity index (χ1n) is 1.57. The number of hydrogen-bond acceptors (Lipinski definition) is 4. The second kappa shape index (κ2) is 2.47. The zero-order chi connectivity index (χ0) is 6.78. The zero-order valence-corrected chi connectivity index (χ0v) is 5.45. The number of sulfone groups is 1. The van der Waals surface area contributed by atoms with Gasteiger partial charge in [-0.2, -0.15) is 0 Å². The van der Waals surface area contributed by atoms with Crippen molar-refractivity contribution in [3.63, 3.8) is 0 Å². The van der Waals surface area contributed by atoms with Crippen molar-refractivity contribution in [1.29, 1.82) is 0 Å². The van der Waals surface area contributed by atoms with Crippen LogP contribution in [0.25, 0.3) is 0 Å². The monoisotopic (exact) mass is 156 g/mol. The molecule has 0 atom stereocenters. The lowest BCUT2D eigenvalue weighted by atomic mass is 11.7. The van der Waals surface area contributed by atoms with Crippen molar-refractivity contribution in [2.75, 3.05) is 5.94 Å². The van der Waals surface area contributed by atoms with Gasteiger partial charge in [0.2, 0.25) is 9.84 Å². The third-order valence-electron chi connectivity index (χ3n) is 0.436. The summed E-state index contributed by atoms with van der Waals surface area (Å²) in [6.07, 6.45) is 0. The van der Waals surface area contributed by atoms with Gasteiger partial charge in [0, 0.05) is 0 Å². The SMILES string of the molecule is O=C(S)S(=O)(=O)CO. The Labute approximate surface area is 51.8 Å². The number of aliphatic hydroxyl groups excluding tert-OH is 1. The first kappa shape index (κ1) is 7.93. The fourth-order valence-corrected chi connectivity index (χ4v) is 0.339. The van der Waals surface area contributed by atoms with Crippen molar-refractivity contribution in [1.82, 2.24) is 0 Å². The van der Waals surface area contributed by atoms with Gasteiger partial charge in [0.15, 0.2) is 5.94 Å². The lowest BCUT2D eigenvalue weighted by Gasteiger charge is -1.87. The normalized spacial score (nSPS) is 11.2. The predicted octanol–water partition coefficient (Wildman–Crippen LogP) is -0.599. The lowest BCUT2D eigenvalue weighted by Crippen LogP contribution is -2.10. The standard InChI is InChI=1S/C2H4O4S2/c3-1-8(5,6)2(4)7/h3H,1H2,(H,4,7). The number of aliphatic hydroxyl groups is 1. The molecule has 0 aromatic heterocycles. The van der Waals surface area contributed by atoms with Crippen LogP contribution in [0, 0.1) is 0 Å². The molecule has 0 radical (unpaired) electrons. The van der Waals surface area contributed by atoms with Gasteiger partial charge in [-0.25, -0.2) is 8.42 Å². The third kappa shape index (κ3) is 1.81. The van der Waals surface area contributed by atoms with Crippen molar-refractivity contribution in [3.05, 3.63) is 0 Å². The Morgan fingerprint density at radius 3 is 2.00 bits per heavy atom. The van der Waals surface area contributed by atoms with E-state index in [1.54, 1.807) is 0 Å². The smallest absolute Gasteiger partial charge is 0.302 e. The van der Waals surface area contributed by atoms with E-state index in [1.807, 2.05) is 0 Å². The molecule has 0 aliphatic rings. The molecule has 4 nitrogen and oxygen atoms in total. The summed E-state index contributed by atoms with van der Waals surface area (Å²) in [5.41, 5.74) is 0. The van der Waals surface area contributed by atoms with Crippen LogP contribution < -0.4 is 0 Å². The van der Waals surface area contributed by atoms with Crippen LogP contribution in [0.5, 0.6) is 0 Å². The fraction of sp³-hybridized carbons (Fsp3) is 0.500. The summed E-state index contributed by atoms with van der Waals surface area (Å²) >= 11 is 2.97. The molecule has 0 unspecified atom stereocenters. The molecular formula is C2H4O4S2. The Bertz CT molecular complexity index is 178. The van der Waals surface area contributed by atoms with E-state index >= 15 is 0 Å². The van der Waals surface area contributed by atoms with Crippen LogP contribution in [0.3, 0.4) is 0 Å². The molecule has 0 heterocycles. The molecule has 0 amide bonds. The number of carbonyl (C=O) groups excluding carboxylic acids is 1. The Kier molecular flexibility index (Phi) is 2.45. The quantitative estimate of drug-likeness (QED) is 0.497. The molecule has 0 aromatic carbocycles. The van der Waals surface area contributed by atoms with Gasteiger partial charge in [0.1, 0.15) is 0 Å². The fourth-order valence-electron chi connectivity index (χ4n) is 0.0552. The van der Waals surface area contributed by atoms with Gasteiger partial charge in [-0.3, -0.25) is 4.79 Å². The topological polar surface area (TPSA) is 71.4 Å². The van der Waals surface area contributed by atoms with Crippen molar-refractivity contribution in [2.45, 2.75) is 0 Å². The third-order valence-corrected chi connectivity index (χ3v) is 2.14. The van der Waals surface area contributed by atoms with Crippen molar-refractivity contribution < 1.29 is 18.3 Å². The highest BCUT2D eigenvalue weighted by molar-refractivity contribution is 8.27. The van der Waals surface area contributed by atoms with Crippen LogP contribution in [-0.2, 0) is 9.84 Å². The minimum Gasteiger partial charge on any atom is -0.380 e. The average Bonchev–Trinajstić information content (AvgIpc) is 1.67. The minimum atomic E-state index is -3.96. The van der Waals surface area contributed by atoms with Gasteiger partial charge >= 0.3 is 4.45 Å². The largest absolute Gasteiger partial charge is 0.380 e. The molecule has 0 rings (SSSR count). The number of thiol groups is 1. The van der Waals surface area contributed by atoms with Gasteiger partial charge in [-0.05, 0) is 0 Å². The van der Waals surface area contributed by atoms with Gasteiger partial charge < -0.3 is 5.11 Å². The Morgan fingerprint density at radius 1 is 1.62 bits per heavy atom. The second-order valence-corrected chi connectivity index (χ2v) is 3.58. The van der Waals surface area contributed by atoms with E-state index in [9.17, 15) is 13.2 Å². The Hall–Kier alpha value is -0.0700. The van der Waals surface area contributed by atoms with Crippen molar-refractivity contribution in [2.24, 2.45) is 0 Å².